The molecule has 0 amide bonds. The average Bonchev–Trinajstić information content (AvgIpc) is 2.40. The first-order valence-electron chi connectivity index (χ1n) is 6.73. The predicted octanol–water partition coefficient (Wildman–Crippen LogP) is 1.92. The first kappa shape index (κ1) is 16.3. The molecule has 5 heteroatoms. The highest BCUT2D eigenvalue weighted by Gasteiger charge is 2.18. The highest BCUT2D eigenvalue weighted by Crippen LogP contribution is 2.26. The molecule has 0 aliphatic heterocycles. The van der Waals surface area contributed by atoms with Gasteiger partial charge in [-0.2, -0.15) is 0 Å². The Kier molecular flexibility index (Phi) is 6.31. The molecule has 2 atom stereocenters. The summed E-state index contributed by atoms with van der Waals surface area (Å²) in [5.41, 5.74) is 6.75. The van der Waals surface area contributed by atoms with E-state index in [9.17, 15) is 4.79 Å². The van der Waals surface area contributed by atoms with Crippen LogP contribution in [0.5, 0.6) is 11.5 Å². The largest absolute Gasteiger partial charge is 0.497 e. The smallest absolute Gasteiger partial charge is 0.347 e. The van der Waals surface area contributed by atoms with Crippen LogP contribution < -0.4 is 15.2 Å². The average molecular weight is 281 g/mol. The van der Waals surface area contributed by atoms with Gasteiger partial charge in [0, 0.05) is 6.04 Å². The summed E-state index contributed by atoms with van der Waals surface area (Å²) < 4.78 is 15.8. The zero-order chi connectivity index (χ0) is 15.1. The number of carbonyl (C=O) groups excluding carboxylic acids is 1. The third kappa shape index (κ3) is 4.74. The molecule has 1 rings (SSSR count). The molecule has 0 spiro atoms. The number of rotatable bonds is 7. The number of esters is 1. The number of hydrogen-bond acceptors (Lipinski definition) is 5. The van der Waals surface area contributed by atoms with E-state index < -0.39 is 6.10 Å². The molecule has 0 bridgehead atoms. The Hall–Kier alpha value is -1.75. The van der Waals surface area contributed by atoms with Crippen molar-refractivity contribution in [1.29, 1.82) is 0 Å². The van der Waals surface area contributed by atoms with Crippen LogP contribution in [0.2, 0.25) is 0 Å². The molecular formula is C15H23NO4. The fraction of sp³-hybridized carbons (Fsp3) is 0.533. The molecule has 1 aromatic rings. The zero-order valence-electron chi connectivity index (χ0n) is 12.5. The summed E-state index contributed by atoms with van der Waals surface area (Å²) >= 11 is 0. The van der Waals surface area contributed by atoms with Gasteiger partial charge in [0.05, 0.1) is 13.7 Å². The second kappa shape index (κ2) is 7.75. The molecule has 0 aliphatic carbocycles. The molecular weight excluding hydrogens is 258 g/mol. The van der Waals surface area contributed by atoms with Gasteiger partial charge in [-0.05, 0) is 51.0 Å². The number of benzene rings is 1. The third-order valence-electron chi connectivity index (χ3n) is 2.73. The molecule has 2 unspecified atom stereocenters. The topological polar surface area (TPSA) is 70.8 Å². The van der Waals surface area contributed by atoms with Crippen molar-refractivity contribution in [2.45, 2.75) is 39.3 Å². The van der Waals surface area contributed by atoms with E-state index >= 15 is 0 Å². The minimum absolute atomic E-state index is 0.0117. The Balaban J connectivity index is 2.89. The van der Waals surface area contributed by atoms with Gasteiger partial charge in [-0.25, -0.2) is 4.79 Å². The lowest BCUT2D eigenvalue weighted by Gasteiger charge is -2.18. The molecule has 2 N–H and O–H groups in total. The van der Waals surface area contributed by atoms with Crippen LogP contribution in [0.15, 0.2) is 18.2 Å². The monoisotopic (exact) mass is 281 g/mol. The van der Waals surface area contributed by atoms with Crippen molar-refractivity contribution >= 4 is 5.97 Å². The van der Waals surface area contributed by atoms with E-state index in [4.69, 9.17) is 19.9 Å². The van der Waals surface area contributed by atoms with E-state index in [0.29, 0.717) is 18.8 Å². The Morgan fingerprint density at radius 2 is 2.05 bits per heavy atom. The van der Waals surface area contributed by atoms with Gasteiger partial charge in [-0.1, -0.05) is 0 Å². The summed E-state index contributed by atoms with van der Waals surface area (Å²) in [6.45, 7) is 5.68. The lowest BCUT2D eigenvalue weighted by molar-refractivity contribution is -0.150. The molecule has 112 valence electrons. The maximum atomic E-state index is 11.6. The number of nitrogens with two attached hydrogens (primary N) is 1. The van der Waals surface area contributed by atoms with Gasteiger partial charge < -0.3 is 19.9 Å². The van der Waals surface area contributed by atoms with Gasteiger partial charge in [0.1, 0.15) is 11.5 Å². The molecule has 5 nitrogen and oxygen atoms in total. The molecule has 0 heterocycles. The fourth-order valence-electron chi connectivity index (χ4n) is 1.80. The van der Waals surface area contributed by atoms with Crippen LogP contribution in [0.4, 0.5) is 0 Å². The van der Waals surface area contributed by atoms with Crippen LogP contribution >= 0.6 is 0 Å². The molecule has 0 aliphatic rings. The van der Waals surface area contributed by atoms with Crippen LogP contribution in [0.25, 0.3) is 0 Å². The van der Waals surface area contributed by atoms with E-state index in [0.717, 1.165) is 11.3 Å². The van der Waals surface area contributed by atoms with Gasteiger partial charge in [0.15, 0.2) is 6.10 Å². The van der Waals surface area contributed by atoms with Crippen molar-refractivity contribution in [1.82, 2.24) is 0 Å². The van der Waals surface area contributed by atoms with Crippen LogP contribution in [-0.2, 0) is 16.0 Å². The second-order valence-corrected chi connectivity index (χ2v) is 4.67. The first-order chi connectivity index (χ1) is 9.47. The summed E-state index contributed by atoms with van der Waals surface area (Å²) in [6.07, 6.45) is -0.0163. The van der Waals surface area contributed by atoms with E-state index in [1.165, 1.54) is 0 Å². The van der Waals surface area contributed by atoms with Crippen molar-refractivity contribution in [3.8, 4) is 11.5 Å². The van der Waals surface area contributed by atoms with Crippen molar-refractivity contribution in [2.24, 2.45) is 5.73 Å². The summed E-state index contributed by atoms with van der Waals surface area (Å²) in [7, 11) is 1.60. The summed E-state index contributed by atoms with van der Waals surface area (Å²) in [6, 6.07) is 5.43. The Bertz CT molecular complexity index is 445. The predicted molar refractivity (Wildman–Crippen MR) is 77.1 cm³/mol. The van der Waals surface area contributed by atoms with Gasteiger partial charge in [0.2, 0.25) is 0 Å². The molecule has 1 aromatic carbocycles. The van der Waals surface area contributed by atoms with E-state index in [2.05, 4.69) is 0 Å². The van der Waals surface area contributed by atoms with E-state index in [1.54, 1.807) is 33.1 Å². The standard InChI is InChI=1S/C15H23NO4/c1-5-19-15(17)11(3)20-14-7-6-13(18-4)9-12(14)8-10(2)16/h6-7,9-11H,5,8,16H2,1-4H3. The highest BCUT2D eigenvalue weighted by atomic mass is 16.6. The van der Waals surface area contributed by atoms with Gasteiger partial charge in [-0.3, -0.25) is 0 Å². The Morgan fingerprint density at radius 3 is 2.60 bits per heavy atom. The third-order valence-corrected chi connectivity index (χ3v) is 2.73. The molecule has 0 radical (unpaired) electrons. The minimum Gasteiger partial charge on any atom is -0.497 e. The minimum atomic E-state index is -0.657. The van der Waals surface area contributed by atoms with Crippen LogP contribution in [-0.4, -0.2) is 31.8 Å². The maximum absolute atomic E-state index is 11.6. The summed E-state index contributed by atoms with van der Waals surface area (Å²) in [5.74, 6) is 0.982. The van der Waals surface area contributed by atoms with Crippen LogP contribution in [0.1, 0.15) is 26.3 Å². The second-order valence-electron chi connectivity index (χ2n) is 4.67. The maximum Gasteiger partial charge on any atom is 0.347 e. The first-order valence-corrected chi connectivity index (χ1v) is 6.73. The Labute approximate surface area is 120 Å². The molecule has 0 saturated carbocycles. The number of ether oxygens (including phenoxy) is 3. The van der Waals surface area contributed by atoms with Crippen molar-refractivity contribution in [3.63, 3.8) is 0 Å². The molecule has 0 fully saturated rings. The van der Waals surface area contributed by atoms with E-state index in [1.807, 2.05) is 13.0 Å². The van der Waals surface area contributed by atoms with Crippen LogP contribution in [0.3, 0.4) is 0 Å². The lowest BCUT2D eigenvalue weighted by atomic mass is 10.1. The fourth-order valence-corrected chi connectivity index (χ4v) is 1.80. The van der Waals surface area contributed by atoms with Gasteiger partial charge >= 0.3 is 5.97 Å². The molecule has 20 heavy (non-hydrogen) atoms. The number of hydrogen-bond donors (Lipinski definition) is 1. The Morgan fingerprint density at radius 1 is 1.35 bits per heavy atom. The van der Waals surface area contributed by atoms with Gasteiger partial charge in [0.25, 0.3) is 0 Å². The number of methoxy groups -OCH3 is 1. The number of carbonyl (C=O) groups is 1. The van der Waals surface area contributed by atoms with Crippen LogP contribution in [0, 0.1) is 0 Å². The van der Waals surface area contributed by atoms with Crippen molar-refractivity contribution in [2.75, 3.05) is 13.7 Å². The normalized spacial score (nSPS) is 13.4. The van der Waals surface area contributed by atoms with E-state index in [-0.39, 0.29) is 12.0 Å². The summed E-state index contributed by atoms with van der Waals surface area (Å²) in [5, 5.41) is 0. The molecule has 0 aromatic heterocycles. The van der Waals surface area contributed by atoms with Crippen molar-refractivity contribution < 1.29 is 19.0 Å². The quantitative estimate of drug-likeness (QED) is 0.773. The zero-order valence-corrected chi connectivity index (χ0v) is 12.5. The highest BCUT2D eigenvalue weighted by molar-refractivity contribution is 5.74. The lowest BCUT2D eigenvalue weighted by Crippen LogP contribution is -2.27. The molecule has 0 saturated heterocycles. The van der Waals surface area contributed by atoms with Crippen molar-refractivity contribution in [3.05, 3.63) is 23.8 Å². The SMILES string of the molecule is CCOC(=O)C(C)Oc1ccc(OC)cc1CC(C)N. The van der Waals surface area contributed by atoms with Gasteiger partial charge in [-0.15, -0.1) is 0 Å². The summed E-state index contributed by atoms with van der Waals surface area (Å²) in [4.78, 5) is 11.6.